The van der Waals surface area contributed by atoms with Gasteiger partial charge in [0.2, 0.25) is 0 Å². The van der Waals surface area contributed by atoms with Crippen LogP contribution in [0.15, 0.2) is 42.5 Å². The number of hydrogen-bond donors (Lipinski definition) is 1. The van der Waals surface area contributed by atoms with Gasteiger partial charge in [-0.1, -0.05) is 18.2 Å². The van der Waals surface area contributed by atoms with Crippen molar-refractivity contribution in [3.05, 3.63) is 53.6 Å². The second kappa shape index (κ2) is 8.10. The van der Waals surface area contributed by atoms with Crippen LogP contribution in [0, 0.1) is 0 Å². The quantitative estimate of drug-likeness (QED) is 0.788. The van der Waals surface area contributed by atoms with Crippen molar-refractivity contribution in [2.24, 2.45) is 0 Å². The van der Waals surface area contributed by atoms with Crippen LogP contribution in [0.4, 0.5) is 5.69 Å². The Kier molecular flexibility index (Phi) is 5.63. The van der Waals surface area contributed by atoms with Gasteiger partial charge in [-0.25, -0.2) is 0 Å². The topological polar surface area (TPSA) is 66.3 Å². The van der Waals surface area contributed by atoms with Gasteiger partial charge in [-0.2, -0.15) is 0 Å². The zero-order valence-electron chi connectivity index (χ0n) is 15.2. The van der Waals surface area contributed by atoms with Gasteiger partial charge in [-0.05, 0) is 24.3 Å². The molecule has 26 heavy (non-hydrogen) atoms. The number of rotatable bonds is 6. The van der Waals surface area contributed by atoms with Crippen molar-refractivity contribution in [1.82, 2.24) is 0 Å². The molecule has 2 aromatic rings. The molecular formula is C20H24N2O4. The third-order valence-electron chi connectivity index (χ3n) is 4.86. The maximum absolute atomic E-state index is 11.3. The molecule has 0 amide bonds. The van der Waals surface area contributed by atoms with Crippen molar-refractivity contribution < 1.29 is 24.3 Å². The second-order valence-corrected chi connectivity index (χ2v) is 6.40. The fourth-order valence-electron chi connectivity index (χ4n) is 3.45. The molecule has 0 unspecified atom stereocenters. The molecule has 1 heterocycles. The number of benzene rings is 2. The van der Waals surface area contributed by atoms with Crippen LogP contribution in [0.2, 0.25) is 0 Å². The highest BCUT2D eigenvalue weighted by Gasteiger charge is 2.23. The molecule has 0 spiro atoms. The number of nitrogens with zero attached hydrogens (tertiary/aromatic N) is 1. The third kappa shape index (κ3) is 3.91. The Morgan fingerprint density at radius 2 is 1.85 bits per heavy atom. The molecule has 0 aliphatic carbocycles. The molecule has 1 saturated heterocycles. The Hall–Kier alpha value is -2.73. The lowest BCUT2D eigenvalue weighted by Crippen LogP contribution is -3.13. The average molecular weight is 356 g/mol. The van der Waals surface area contributed by atoms with Crippen molar-refractivity contribution >= 4 is 11.7 Å². The minimum absolute atomic E-state index is 0.255. The minimum Gasteiger partial charge on any atom is -0.545 e. The van der Waals surface area contributed by atoms with Crippen molar-refractivity contribution in [2.75, 3.05) is 45.3 Å². The molecule has 0 radical (unpaired) electrons. The van der Waals surface area contributed by atoms with E-state index < -0.39 is 5.97 Å². The highest BCUT2D eigenvalue weighted by molar-refractivity contribution is 5.93. The number of para-hydroxylation sites is 1. The van der Waals surface area contributed by atoms with E-state index in [0.29, 0.717) is 0 Å². The van der Waals surface area contributed by atoms with Gasteiger partial charge in [0.15, 0.2) is 0 Å². The minimum atomic E-state index is -1.13. The number of hydrogen-bond acceptors (Lipinski definition) is 5. The van der Waals surface area contributed by atoms with Gasteiger partial charge in [-0.15, -0.1) is 0 Å². The molecule has 0 saturated carbocycles. The lowest BCUT2D eigenvalue weighted by molar-refractivity contribution is -0.914. The van der Waals surface area contributed by atoms with E-state index >= 15 is 0 Å². The van der Waals surface area contributed by atoms with Gasteiger partial charge in [0.25, 0.3) is 0 Å². The molecule has 6 nitrogen and oxygen atoms in total. The lowest BCUT2D eigenvalue weighted by atomic mass is 10.1. The summed E-state index contributed by atoms with van der Waals surface area (Å²) >= 11 is 0. The molecule has 6 heteroatoms. The van der Waals surface area contributed by atoms with Gasteiger partial charge < -0.3 is 29.2 Å². The number of ether oxygens (including phenoxy) is 2. The standard InChI is InChI=1S/C20H24N2O4/c1-25-16-7-8-19(26-2)15(13-16)14-21-9-11-22(12-10-21)18-6-4-3-5-17(18)20(23)24/h3-8,13H,9-12,14H2,1-2H3,(H,23,24). The van der Waals surface area contributed by atoms with Gasteiger partial charge in [0, 0.05) is 11.3 Å². The number of piperazine rings is 1. The average Bonchev–Trinajstić information content (AvgIpc) is 2.68. The summed E-state index contributed by atoms with van der Waals surface area (Å²) in [4.78, 5) is 14.9. The van der Waals surface area contributed by atoms with Crippen LogP contribution in [-0.2, 0) is 6.54 Å². The molecule has 3 rings (SSSR count). The summed E-state index contributed by atoms with van der Waals surface area (Å²) in [6, 6.07) is 12.9. The van der Waals surface area contributed by atoms with Crippen LogP contribution in [0.5, 0.6) is 11.5 Å². The summed E-state index contributed by atoms with van der Waals surface area (Å²) in [5.74, 6) is 0.557. The predicted molar refractivity (Wildman–Crippen MR) is 96.9 cm³/mol. The summed E-state index contributed by atoms with van der Waals surface area (Å²) in [7, 11) is 3.33. The number of carboxylic acids is 1. The van der Waals surface area contributed by atoms with Gasteiger partial charge >= 0.3 is 0 Å². The van der Waals surface area contributed by atoms with Crippen molar-refractivity contribution in [3.63, 3.8) is 0 Å². The Morgan fingerprint density at radius 1 is 1.12 bits per heavy atom. The van der Waals surface area contributed by atoms with Crippen molar-refractivity contribution in [2.45, 2.75) is 6.54 Å². The number of anilines is 1. The Balaban J connectivity index is 1.67. The molecule has 2 aromatic carbocycles. The molecule has 1 fully saturated rings. The van der Waals surface area contributed by atoms with E-state index in [0.717, 1.165) is 55.5 Å². The smallest absolute Gasteiger partial charge is 0.127 e. The zero-order chi connectivity index (χ0) is 18.5. The summed E-state index contributed by atoms with van der Waals surface area (Å²) in [6.07, 6.45) is 0. The first-order chi connectivity index (χ1) is 12.6. The Morgan fingerprint density at radius 3 is 2.50 bits per heavy atom. The molecule has 1 N–H and O–H groups in total. The Labute approximate surface area is 153 Å². The maximum Gasteiger partial charge on any atom is 0.127 e. The van der Waals surface area contributed by atoms with Crippen molar-refractivity contribution in [3.8, 4) is 11.5 Å². The fraction of sp³-hybridized carbons (Fsp3) is 0.350. The number of nitrogens with one attached hydrogen (secondary N) is 1. The third-order valence-corrected chi connectivity index (χ3v) is 4.86. The van der Waals surface area contributed by atoms with E-state index in [9.17, 15) is 9.90 Å². The molecule has 1 aliphatic heterocycles. The lowest BCUT2D eigenvalue weighted by Gasteiger charge is -2.35. The molecular weight excluding hydrogens is 332 g/mol. The van der Waals surface area contributed by atoms with E-state index in [1.54, 1.807) is 26.4 Å². The van der Waals surface area contributed by atoms with Gasteiger partial charge in [0.1, 0.15) is 18.0 Å². The molecule has 138 valence electrons. The second-order valence-electron chi connectivity index (χ2n) is 6.40. The van der Waals surface area contributed by atoms with Gasteiger partial charge in [0.05, 0.1) is 51.9 Å². The highest BCUT2D eigenvalue weighted by atomic mass is 16.5. The summed E-state index contributed by atoms with van der Waals surface area (Å²) in [6.45, 7) is 4.28. The number of methoxy groups -OCH3 is 2. The van der Waals surface area contributed by atoms with Gasteiger partial charge in [-0.3, -0.25) is 0 Å². The first-order valence-electron chi connectivity index (χ1n) is 8.72. The number of quaternary nitrogens is 1. The van der Waals surface area contributed by atoms with Crippen LogP contribution in [0.25, 0.3) is 0 Å². The van der Waals surface area contributed by atoms with Crippen LogP contribution in [0.3, 0.4) is 0 Å². The van der Waals surface area contributed by atoms with Crippen LogP contribution in [0.1, 0.15) is 15.9 Å². The summed E-state index contributed by atoms with van der Waals surface area (Å²) in [5, 5.41) is 11.3. The van der Waals surface area contributed by atoms with E-state index in [4.69, 9.17) is 9.47 Å². The largest absolute Gasteiger partial charge is 0.545 e. The SMILES string of the molecule is COc1ccc(OC)c(C[NH+]2CCN(c3ccccc3C(=O)[O-])CC2)c1. The van der Waals surface area contributed by atoms with E-state index in [1.807, 2.05) is 30.3 Å². The molecule has 0 atom stereocenters. The normalized spacial score (nSPS) is 14.9. The van der Waals surface area contributed by atoms with Crippen LogP contribution >= 0.6 is 0 Å². The summed E-state index contributed by atoms with van der Waals surface area (Å²) < 4.78 is 10.8. The Bertz CT molecular complexity index is 770. The zero-order valence-corrected chi connectivity index (χ0v) is 15.2. The van der Waals surface area contributed by atoms with Crippen molar-refractivity contribution in [1.29, 1.82) is 0 Å². The van der Waals surface area contributed by atoms with Crippen LogP contribution in [-0.4, -0.2) is 46.4 Å². The number of carbonyl (C=O) groups excluding carboxylic acids is 1. The first-order valence-corrected chi connectivity index (χ1v) is 8.72. The monoisotopic (exact) mass is 356 g/mol. The number of aromatic carboxylic acids is 1. The first kappa shape index (κ1) is 18.1. The van der Waals surface area contributed by atoms with E-state index in [-0.39, 0.29) is 5.56 Å². The predicted octanol–water partition coefficient (Wildman–Crippen LogP) is -0.0276. The number of carboxylic acid groups (broad SMARTS) is 1. The molecule has 0 bridgehead atoms. The molecule has 0 aromatic heterocycles. The highest BCUT2D eigenvalue weighted by Crippen LogP contribution is 2.23. The van der Waals surface area contributed by atoms with Crippen LogP contribution < -0.4 is 24.4 Å². The maximum atomic E-state index is 11.3. The molecule has 1 aliphatic rings. The fourth-order valence-corrected chi connectivity index (χ4v) is 3.45. The number of carbonyl (C=O) groups is 1. The summed E-state index contributed by atoms with van der Waals surface area (Å²) in [5.41, 5.74) is 2.11. The van der Waals surface area contributed by atoms with E-state index in [2.05, 4.69) is 4.90 Å². The van der Waals surface area contributed by atoms with E-state index in [1.165, 1.54) is 4.90 Å².